The number of hydrogen-bond donors (Lipinski definition) is 1. The van der Waals surface area contributed by atoms with Crippen LogP contribution in [0.2, 0.25) is 0 Å². The summed E-state index contributed by atoms with van der Waals surface area (Å²) in [6, 6.07) is 12.2. The van der Waals surface area contributed by atoms with Crippen LogP contribution in [-0.4, -0.2) is 34.1 Å². The fourth-order valence-corrected chi connectivity index (χ4v) is 4.05. The van der Waals surface area contributed by atoms with E-state index in [0.29, 0.717) is 12.3 Å². The number of nitrogens with zero attached hydrogens (tertiary/aromatic N) is 2. The van der Waals surface area contributed by atoms with E-state index < -0.39 is 5.97 Å². The van der Waals surface area contributed by atoms with Crippen molar-refractivity contribution in [1.82, 2.24) is 9.78 Å². The van der Waals surface area contributed by atoms with E-state index in [-0.39, 0.29) is 12.5 Å². The quantitative estimate of drug-likeness (QED) is 0.635. The number of rotatable bonds is 7. The van der Waals surface area contributed by atoms with Gasteiger partial charge in [-0.2, -0.15) is 0 Å². The minimum Gasteiger partial charge on any atom is -0.490 e. The topological polar surface area (TPSA) is 73.6 Å². The third-order valence-corrected chi connectivity index (χ3v) is 5.59. The number of fused-ring (bicyclic) bond motifs is 1. The summed E-state index contributed by atoms with van der Waals surface area (Å²) < 4.78 is 13.6. The van der Waals surface area contributed by atoms with Gasteiger partial charge in [0.1, 0.15) is 5.75 Å². The molecule has 1 heterocycles. The van der Waals surface area contributed by atoms with Gasteiger partial charge in [-0.25, -0.2) is 0 Å². The van der Waals surface area contributed by atoms with Crippen LogP contribution < -0.4 is 9.47 Å². The molecular weight excluding hydrogens is 368 g/mol. The molecule has 1 aliphatic carbocycles. The molecule has 6 nitrogen and oxygen atoms in total. The predicted molar refractivity (Wildman–Crippen MR) is 112 cm³/mol. The number of carboxylic acids is 1. The van der Waals surface area contributed by atoms with E-state index in [1.165, 1.54) is 12.8 Å². The monoisotopic (exact) mass is 394 g/mol. The van der Waals surface area contributed by atoms with Crippen molar-refractivity contribution in [3.8, 4) is 22.8 Å². The Morgan fingerprint density at radius 1 is 1.21 bits per heavy atom. The number of carboxylic acid groups (broad SMARTS) is 1. The smallest absolute Gasteiger partial charge is 0.303 e. The largest absolute Gasteiger partial charge is 0.490 e. The summed E-state index contributed by atoms with van der Waals surface area (Å²) in [5.41, 5.74) is 3.96. The zero-order valence-corrected chi connectivity index (χ0v) is 16.9. The molecule has 0 bridgehead atoms. The first-order valence-corrected chi connectivity index (χ1v) is 10.1. The Balaban J connectivity index is 1.76. The van der Waals surface area contributed by atoms with Gasteiger partial charge in [-0.05, 0) is 67.5 Å². The first kappa shape index (κ1) is 19.3. The summed E-state index contributed by atoms with van der Waals surface area (Å²) in [6.45, 7) is 0. The predicted octanol–water partition coefficient (Wildman–Crippen LogP) is 4.59. The molecule has 1 saturated carbocycles. The maximum atomic E-state index is 11.0. The van der Waals surface area contributed by atoms with Gasteiger partial charge in [0, 0.05) is 19.0 Å². The van der Waals surface area contributed by atoms with E-state index in [2.05, 4.69) is 23.3 Å². The van der Waals surface area contributed by atoms with Gasteiger partial charge in [-0.1, -0.05) is 12.1 Å². The maximum absolute atomic E-state index is 11.0. The maximum Gasteiger partial charge on any atom is 0.303 e. The lowest BCUT2D eigenvalue weighted by molar-refractivity contribution is -0.136. The van der Waals surface area contributed by atoms with Crippen molar-refractivity contribution in [3.05, 3.63) is 42.0 Å². The SMILES string of the molecule is COc1nn(C)c2ccc(-c3cc(CCC(=O)O)ccc3OC3CCCC3)cc12. The molecule has 1 fully saturated rings. The fourth-order valence-electron chi connectivity index (χ4n) is 4.05. The highest BCUT2D eigenvalue weighted by atomic mass is 16.5. The Labute approximate surface area is 170 Å². The molecule has 1 N–H and O–H groups in total. The van der Waals surface area contributed by atoms with Gasteiger partial charge in [0.05, 0.1) is 24.1 Å². The van der Waals surface area contributed by atoms with E-state index in [4.69, 9.17) is 14.6 Å². The zero-order chi connectivity index (χ0) is 20.4. The molecular formula is C23H26N2O4. The number of aryl methyl sites for hydroxylation is 2. The Bertz CT molecular complexity index is 1030. The Hall–Kier alpha value is -3.02. The van der Waals surface area contributed by atoms with Crippen LogP contribution >= 0.6 is 0 Å². The third-order valence-electron chi connectivity index (χ3n) is 5.59. The number of methoxy groups -OCH3 is 1. The van der Waals surface area contributed by atoms with Crippen molar-refractivity contribution in [2.24, 2.45) is 7.05 Å². The molecule has 0 atom stereocenters. The fraction of sp³-hybridized carbons (Fsp3) is 0.391. The molecule has 0 unspecified atom stereocenters. The first-order valence-electron chi connectivity index (χ1n) is 10.1. The molecule has 0 radical (unpaired) electrons. The molecule has 29 heavy (non-hydrogen) atoms. The molecule has 0 amide bonds. The summed E-state index contributed by atoms with van der Waals surface area (Å²) >= 11 is 0. The number of carbonyl (C=O) groups is 1. The summed E-state index contributed by atoms with van der Waals surface area (Å²) in [5.74, 6) is 0.641. The van der Waals surface area contributed by atoms with Crippen LogP contribution in [-0.2, 0) is 18.3 Å². The zero-order valence-electron chi connectivity index (χ0n) is 16.9. The standard InChI is InChI=1S/C23H26N2O4/c1-25-20-10-9-16(14-19(20)23(24-25)28-2)18-13-15(8-12-22(26)27)7-11-21(18)29-17-5-3-4-6-17/h7,9-11,13-14,17H,3-6,8,12H2,1-2H3,(H,26,27). The van der Waals surface area contributed by atoms with Crippen molar-refractivity contribution in [2.75, 3.05) is 7.11 Å². The highest BCUT2D eigenvalue weighted by molar-refractivity contribution is 5.90. The molecule has 6 heteroatoms. The lowest BCUT2D eigenvalue weighted by Crippen LogP contribution is -2.11. The number of ether oxygens (including phenoxy) is 2. The minimum atomic E-state index is -0.792. The van der Waals surface area contributed by atoms with Crippen molar-refractivity contribution >= 4 is 16.9 Å². The number of benzene rings is 2. The van der Waals surface area contributed by atoms with Crippen LogP contribution in [0.4, 0.5) is 0 Å². The van der Waals surface area contributed by atoms with Crippen LogP contribution in [0.5, 0.6) is 11.6 Å². The normalized spacial score (nSPS) is 14.4. The molecule has 152 valence electrons. The number of aromatic nitrogens is 2. The highest BCUT2D eigenvalue weighted by Crippen LogP contribution is 2.37. The number of aliphatic carboxylic acids is 1. The summed E-state index contributed by atoms with van der Waals surface area (Å²) in [4.78, 5) is 11.0. The lowest BCUT2D eigenvalue weighted by Gasteiger charge is -2.18. The van der Waals surface area contributed by atoms with Crippen LogP contribution in [0.1, 0.15) is 37.7 Å². The van der Waals surface area contributed by atoms with Crippen LogP contribution in [0.15, 0.2) is 36.4 Å². The van der Waals surface area contributed by atoms with Crippen LogP contribution in [0.25, 0.3) is 22.0 Å². The molecule has 3 aromatic rings. The molecule has 0 spiro atoms. The average molecular weight is 394 g/mol. The second-order valence-electron chi connectivity index (χ2n) is 7.61. The second-order valence-corrected chi connectivity index (χ2v) is 7.61. The summed E-state index contributed by atoms with van der Waals surface area (Å²) in [6.07, 6.45) is 5.41. The van der Waals surface area contributed by atoms with Crippen molar-refractivity contribution in [1.29, 1.82) is 0 Å². The molecule has 0 aliphatic heterocycles. The Morgan fingerprint density at radius 3 is 2.72 bits per heavy atom. The van der Waals surface area contributed by atoms with Gasteiger partial charge in [0.15, 0.2) is 0 Å². The van der Waals surface area contributed by atoms with Gasteiger partial charge < -0.3 is 14.6 Å². The van der Waals surface area contributed by atoms with Gasteiger partial charge in [0.25, 0.3) is 0 Å². The number of hydrogen-bond acceptors (Lipinski definition) is 4. The van der Waals surface area contributed by atoms with Crippen LogP contribution in [0.3, 0.4) is 0 Å². The van der Waals surface area contributed by atoms with E-state index in [9.17, 15) is 4.79 Å². The average Bonchev–Trinajstić information content (AvgIpc) is 3.34. The van der Waals surface area contributed by atoms with E-state index in [1.807, 2.05) is 25.2 Å². The third kappa shape index (κ3) is 4.06. The van der Waals surface area contributed by atoms with Crippen molar-refractivity contribution in [2.45, 2.75) is 44.6 Å². The Kier molecular flexibility index (Phi) is 5.43. The Morgan fingerprint density at radius 2 is 2.00 bits per heavy atom. The van der Waals surface area contributed by atoms with Gasteiger partial charge >= 0.3 is 5.97 Å². The minimum absolute atomic E-state index is 0.109. The lowest BCUT2D eigenvalue weighted by atomic mass is 9.98. The van der Waals surface area contributed by atoms with E-state index in [1.54, 1.807) is 11.8 Å². The van der Waals surface area contributed by atoms with Gasteiger partial charge in [-0.3, -0.25) is 9.48 Å². The summed E-state index contributed by atoms with van der Waals surface area (Å²) in [5, 5.41) is 14.4. The van der Waals surface area contributed by atoms with E-state index in [0.717, 1.165) is 46.2 Å². The van der Waals surface area contributed by atoms with Crippen LogP contribution in [0, 0.1) is 0 Å². The molecule has 0 saturated heterocycles. The van der Waals surface area contributed by atoms with Crippen molar-refractivity contribution in [3.63, 3.8) is 0 Å². The molecule has 2 aromatic carbocycles. The van der Waals surface area contributed by atoms with Gasteiger partial charge in [0.2, 0.25) is 5.88 Å². The first-order chi connectivity index (χ1) is 14.0. The second kappa shape index (κ2) is 8.15. The molecule has 1 aromatic heterocycles. The van der Waals surface area contributed by atoms with Gasteiger partial charge in [-0.15, -0.1) is 5.10 Å². The van der Waals surface area contributed by atoms with Crippen molar-refractivity contribution < 1.29 is 19.4 Å². The highest BCUT2D eigenvalue weighted by Gasteiger charge is 2.19. The molecule has 4 rings (SSSR count). The van der Waals surface area contributed by atoms with E-state index >= 15 is 0 Å². The summed E-state index contributed by atoms with van der Waals surface area (Å²) in [7, 11) is 3.52. The molecule has 1 aliphatic rings.